The summed E-state index contributed by atoms with van der Waals surface area (Å²) in [6.45, 7) is 4.16. The van der Waals surface area contributed by atoms with E-state index in [1.807, 2.05) is 6.92 Å². The molecule has 2 aromatic rings. The predicted molar refractivity (Wildman–Crippen MR) is 100 cm³/mol. The van der Waals surface area contributed by atoms with Crippen LogP contribution in [-0.4, -0.2) is 29.4 Å². The van der Waals surface area contributed by atoms with Crippen LogP contribution in [0.3, 0.4) is 0 Å². The summed E-state index contributed by atoms with van der Waals surface area (Å²) in [5, 5.41) is 2.93. The fraction of sp³-hybridized carbons (Fsp3) is 0.211. The van der Waals surface area contributed by atoms with E-state index in [2.05, 4.69) is 24.8 Å². The van der Waals surface area contributed by atoms with E-state index in [0.717, 1.165) is 5.57 Å². The van der Waals surface area contributed by atoms with Gasteiger partial charge >= 0.3 is 6.29 Å². The molecule has 0 fully saturated rings. The molecule has 0 radical (unpaired) electrons. The molecule has 28 heavy (non-hydrogen) atoms. The maximum absolute atomic E-state index is 13.2. The van der Waals surface area contributed by atoms with E-state index in [1.54, 1.807) is 19.1 Å². The molecular formula is C19H14ClF2N3O3. The average molecular weight is 406 g/mol. The third-order valence-electron chi connectivity index (χ3n) is 4.38. The highest BCUT2D eigenvalue weighted by atomic mass is 35.5. The second kappa shape index (κ2) is 6.56. The number of aromatic nitrogens is 1. The normalized spacial score (nSPS) is 17.0. The number of halogens is 3. The number of carbonyl (C=O) groups excluding carboxylic acids is 1. The number of hydrogen-bond donors (Lipinski definition) is 1. The molecule has 0 saturated heterocycles. The monoisotopic (exact) mass is 405 g/mol. The van der Waals surface area contributed by atoms with Crippen LogP contribution >= 0.6 is 11.6 Å². The van der Waals surface area contributed by atoms with E-state index in [9.17, 15) is 13.6 Å². The van der Waals surface area contributed by atoms with Crippen molar-refractivity contribution < 1.29 is 23.0 Å². The van der Waals surface area contributed by atoms with E-state index >= 15 is 0 Å². The standard InChI is InChI=1S/C19H14ClF2N3O3/c1-9-7-23-10(2)17(9)18(26)25-16-4-3-11(8-24-16)12-5-14-15(6-13(12)20)28-19(21,22)27-14/h3-6,8H,7H2,1-2H3,(H,24,25,26). The van der Waals surface area contributed by atoms with E-state index in [0.29, 0.717) is 34.8 Å². The molecule has 0 saturated carbocycles. The Morgan fingerprint density at radius 1 is 1.21 bits per heavy atom. The van der Waals surface area contributed by atoms with Gasteiger partial charge in [0.1, 0.15) is 5.82 Å². The van der Waals surface area contributed by atoms with Gasteiger partial charge < -0.3 is 14.8 Å². The van der Waals surface area contributed by atoms with Gasteiger partial charge in [0, 0.05) is 29.1 Å². The lowest BCUT2D eigenvalue weighted by atomic mass is 10.1. The van der Waals surface area contributed by atoms with Crippen molar-refractivity contribution in [2.75, 3.05) is 11.9 Å². The highest BCUT2D eigenvalue weighted by molar-refractivity contribution is 6.33. The molecule has 0 spiro atoms. The molecule has 0 atom stereocenters. The minimum absolute atomic E-state index is 0.111. The lowest BCUT2D eigenvalue weighted by molar-refractivity contribution is -0.286. The molecule has 1 aromatic heterocycles. The molecular weight excluding hydrogens is 392 g/mol. The Bertz CT molecular complexity index is 1050. The Labute approximate surface area is 163 Å². The molecule has 6 nitrogen and oxygen atoms in total. The third-order valence-corrected chi connectivity index (χ3v) is 4.69. The number of nitrogens with zero attached hydrogens (tertiary/aromatic N) is 2. The molecule has 9 heteroatoms. The van der Waals surface area contributed by atoms with Gasteiger partial charge in [-0.05, 0) is 37.6 Å². The van der Waals surface area contributed by atoms with Crippen molar-refractivity contribution in [3.05, 3.63) is 46.6 Å². The van der Waals surface area contributed by atoms with Crippen LogP contribution in [0, 0.1) is 0 Å². The van der Waals surface area contributed by atoms with Crippen LogP contribution in [0.1, 0.15) is 13.8 Å². The first kappa shape index (κ1) is 18.4. The zero-order valence-corrected chi connectivity index (χ0v) is 15.6. The van der Waals surface area contributed by atoms with Gasteiger partial charge in [0.15, 0.2) is 11.5 Å². The Balaban J connectivity index is 1.56. The highest BCUT2D eigenvalue weighted by Gasteiger charge is 2.43. The van der Waals surface area contributed by atoms with Crippen LogP contribution in [0.2, 0.25) is 5.02 Å². The van der Waals surface area contributed by atoms with Crippen LogP contribution < -0.4 is 14.8 Å². The summed E-state index contributed by atoms with van der Waals surface area (Å²) in [4.78, 5) is 20.9. The number of anilines is 1. The third kappa shape index (κ3) is 3.31. The topological polar surface area (TPSA) is 72.8 Å². The molecule has 2 aliphatic heterocycles. The summed E-state index contributed by atoms with van der Waals surface area (Å²) in [5.41, 5.74) is 3.17. The van der Waals surface area contributed by atoms with E-state index in [4.69, 9.17) is 11.6 Å². The van der Waals surface area contributed by atoms with Gasteiger partial charge in [0.2, 0.25) is 0 Å². The van der Waals surface area contributed by atoms with Crippen molar-refractivity contribution in [2.45, 2.75) is 20.1 Å². The number of rotatable bonds is 3. The highest BCUT2D eigenvalue weighted by Crippen LogP contribution is 2.46. The number of amides is 1. The Morgan fingerprint density at radius 3 is 2.54 bits per heavy atom. The van der Waals surface area contributed by atoms with Crippen molar-refractivity contribution in [2.24, 2.45) is 4.99 Å². The fourth-order valence-corrected chi connectivity index (χ4v) is 3.32. The van der Waals surface area contributed by atoms with Crippen LogP contribution in [0.5, 0.6) is 11.5 Å². The van der Waals surface area contributed by atoms with Gasteiger partial charge in [0.05, 0.1) is 17.1 Å². The van der Waals surface area contributed by atoms with Gasteiger partial charge in [-0.2, -0.15) is 0 Å². The molecule has 0 unspecified atom stereocenters. The number of alkyl halides is 2. The Hall–Kier alpha value is -3.00. The smallest absolute Gasteiger partial charge is 0.395 e. The molecule has 2 aliphatic rings. The van der Waals surface area contributed by atoms with Crippen molar-refractivity contribution in [1.82, 2.24) is 4.98 Å². The molecule has 0 bridgehead atoms. The number of nitrogens with one attached hydrogen (secondary N) is 1. The number of fused-ring (bicyclic) bond motifs is 1. The molecule has 4 rings (SSSR count). The van der Waals surface area contributed by atoms with Crippen molar-refractivity contribution >= 4 is 29.0 Å². The summed E-state index contributed by atoms with van der Waals surface area (Å²) in [5.74, 6) is -0.176. The largest absolute Gasteiger partial charge is 0.586 e. The Kier molecular flexibility index (Phi) is 4.30. The summed E-state index contributed by atoms with van der Waals surface area (Å²) in [7, 11) is 0. The lowest BCUT2D eigenvalue weighted by Gasteiger charge is -2.09. The molecule has 1 amide bonds. The number of hydrogen-bond acceptors (Lipinski definition) is 5. The molecule has 0 aliphatic carbocycles. The van der Waals surface area contributed by atoms with Gasteiger partial charge in [0.25, 0.3) is 5.91 Å². The average Bonchev–Trinajstić information content (AvgIpc) is 3.11. The van der Waals surface area contributed by atoms with Gasteiger partial charge in [-0.1, -0.05) is 11.6 Å². The van der Waals surface area contributed by atoms with Gasteiger partial charge in [-0.15, -0.1) is 8.78 Å². The Morgan fingerprint density at radius 2 is 1.93 bits per heavy atom. The SMILES string of the molecule is CC1=NCC(C)=C1C(=O)Nc1ccc(-c2cc3c(cc2Cl)OC(F)(F)O3)cn1. The first-order valence-corrected chi connectivity index (χ1v) is 8.69. The van der Waals surface area contributed by atoms with Crippen molar-refractivity contribution in [3.63, 3.8) is 0 Å². The quantitative estimate of drug-likeness (QED) is 0.818. The van der Waals surface area contributed by atoms with E-state index in [-0.39, 0.29) is 22.4 Å². The number of ether oxygens (including phenoxy) is 2. The number of pyridine rings is 1. The van der Waals surface area contributed by atoms with Crippen LogP contribution in [0.4, 0.5) is 14.6 Å². The molecule has 1 aromatic carbocycles. The maximum Gasteiger partial charge on any atom is 0.586 e. The molecule has 3 heterocycles. The zero-order valence-electron chi connectivity index (χ0n) is 14.8. The number of benzene rings is 1. The molecule has 1 N–H and O–H groups in total. The van der Waals surface area contributed by atoms with Crippen LogP contribution in [0.25, 0.3) is 11.1 Å². The van der Waals surface area contributed by atoms with Crippen LogP contribution in [-0.2, 0) is 4.79 Å². The number of aliphatic imine (C=N–C) groups is 1. The predicted octanol–water partition coefficient (Wildman–Crippen LogP) is 4.45. The zero-order chi connectivity index (χ0) is 20.1. The summed E-state index contributed by atoms with van der Waals surface area (Å²) in [6.07, 6.45) is -2.24. The summed E-state index contributed by atoms with van der Waals surface area (Å²) < 4.78 is 35.3. The van der Waals surface area contributed by atoms with Crippen molar-refractivity contribution in [3.8, 4) is 22.6 Å². The summed E-state index contributed by atoms with van der Waals surface area (Å²) in [6, 6.07) is 5.89. The van der Waals surface area contributed by atoms with Crippen LogP contribution in [0.15, 0.2) is 46.6 Å². The first-order chi connectivity index (χ1) is 13.2. The lowest BCUT2D eigenvalue weighted by Crippen LogP contribution is -2.25. The number of carbonyl (C=O) groups is 1. The fourth-order valence-electron chi connectivity index (χ4n) is 3.06. The summed E-state index contributed by atoms with van der Waals surface area (Å²) >= 11 is 6.18. The molecule has 144 valence electrons. The maximum atomic E-state index is 13.2. The second-order valence-corrected chi connectivity index (χ2v) is 6.80. The first-order valence-electron chi connectivity index (χ1n) is 8.32. The minimum atomic E-state index is -3.72. The minimum Gasteiger partial charge on any atom is -0.395 e. The van der Waals surface area contributed by atoms with Crippen molar-refractivity contribution in [1.29, 1.82) is 0 Å². The van der Waals surface area contributed by atoms with Gasteiger partial charge in [-0.3, -0.25) is 9.79 Å². The van der Waals surface area contributed by atoms with Gasteiger partial charge in [-0.25, -0.2) is 4.98 Å². The second-order valence-electron chi connectivity index (χ2n) is 6.39. The van der Waals surface area contributed by atoms with E-state index < -0.39 is 6.29 Å². The van der Waals surface area contributed by atoms with E-state index in [1.165, 1.54) is 18.3 Å².